The third kappa shape index (κ3) is 2.98. The molecule has 100 valence electrons. The van der Waals surface area contributed by atoms with Crippen molar-refractivity contribution in [3.8, 4) is 0 Å². The Labute approximate surface area is 111 Å². The lowest BCUT2D eigenvalue weighted by Gasteiger charge is -2.29. The van der Waals surface area contributed by atoms with E-state index in [2.05, 4.69) is 16.1 Å². The first-order chi connectivity index (χ1) is 8.74. The normalized spacial score (nSPS) is 16.9. The van der Waals surface area contributed by atoms with Gasteiger partial charge in [0.2, 0.25) is 0 Å². The molecule has 0 aromatic carbocycles. The Hall–Kier alpha value is -1.17. The zero-order valence-electron chi connectivity index (χ0n) is 10.7. The van der Waals surface area contributed by atoms with Crippen molar-refractivity contribution < 1.29 is 13.9 Å². The van der Waals surface area contributed by atoms with E-state index in [1.165, 1.54) is 6.26 Å². The van der Waals surface area contributed by atoms with Crippen molar-refractivity contribution in [2.24, 2.45) is 0 Å². The number of hydrogen-bond donors (Lipinski definition) is 0. The zero-order chi connectivity index (χ0) is 13.0. The molecule has 0 spiro atoms. The average Bonchev–Trinajstić information content (AvgIpc) is 2.89. The van der Waals surface area contributed by atoms with Crippen LogP contribution < -0.4 is 4.90 Å². The van der Waals surface area contributed by atoms with Gasteiger partial charge in [-0.3, -0.25) is 0 Å². The van der Waals surface area contributed by atoms with E-state index in [1.807, 2.05) is 11.8 Å². The number of carbonyl (C=O) groups excluding carboxylic acids is 1. The van der Waals surface area contributed by atoms with Gasteiger partial charge in [-0.05, 0) is 26.0 Å². The van der Waals surface area contributed by atoms with Crippen LogP contribution in [0.15, 0.2) is 10.7 Å². The monoisotopic (exact) mass is 270 g/mol. The van der Waals surface area contributed by atoms with Gasteiger partial charge in [0, 0.05) is 18.3 Å². The van der Waals surface area contributed by atoms with Crippen LogP contribution in [-0.4, -0.2) is 42.2 Å². The number of aromatic nitrogens is 1. The van der Waals surface area contributed by atoms with Gasteiger partial charge in [-0.2, -0.15) is 16.7 Å². The fourth-order valence-electron chi connectivity index (χ4n) is 1.99. The number of anilines is 1. The lowest BCUT2D eigenvalue weighted by atomic mass is 10.1. The van der Waals surface area contributed by atoms with Crippen LogP contribution in [0.4, 0.5) is 6.01 Å². The molecule has 5 nitrogen and oxygen atoms in total. The number of piperidine rings is 1. The van der Waals surface area contributed by atoms with Gasteiger partial charge in [-0.15, -0.1) is 0 Å². The summed E-state index contributed by atoms with van der Waals surface area (Å²) >= 11 is 1.91. The summed E-state index contributed by atoms with van der Waals surface area (Å²) in [5, 5.41) is 0.723. The van der Waals surface area contributed by atoms with Crippen molar-refractivity contribution in [3.63, 3.8) is 0 Å². The summed E-state index contributed by atoms with van der Waals surface area (Å²) in [6, 6.07) is 0.526. The Bertz CT molecular complexity index is 400. The van der Waals surface area contributed by atoms with E-state index >= 15 is 0 Å². The molecular weight excluding hydrogens is 252 g/mol. The summed E-state index contributed by atoms with van der Waals surface area (Å²) in [4.78, 5) is 17.7. The van der Waals surface area contributed by atoms with Gasteiger partial charge in [0.15, 0.2) is 5.69 Å². The lowest BCUT2D eigenvalue weighted by molar-refractivity contribution is 0.0519. The highest BCUT2D eigenvalue weighted by Crippen LogP contribution is 2.24. The van der Waals surface area contributed by atoms with E-state index in [0.717, 1.165) is 31.2 Å². The predicted molar refractivity (Wildman–Crippen MR) is 71.2 cm³/mol. The fraction of sp³-hybridized carbons (Fsp3) is 0.667. The van der Waals surface area contributed by atoms with Gasteiger partial charge in [0.05, 0.1) is 6.61 Å². The maximum Gasteiger partial charge on any atom is 0.360 e. The molecule has 0 atom stereocenters. The molecule has 1 aromatic heterocycles. The van der Waals surface area contributed by atoms with E-state index < -0.39 is 5.97 Å². The Balaban J connectivity index is 1.96. The molecule has 0 aliphatic carbocycles. The van der Waals surface area contributed by atoms with Crippen LogP contribution in [0.25, 0.3) is 0 Å². The molecule has 1 aliphatic rings. The molecule has 2 heterocycles. The van der Waals surface area contributed by atoms with Crippen LogP contribution in [0, 0.1) is 0 Å². The molecule has 0 unspecified atom stereocenters. The van der Waals surface area contributed by atoms with Crippen molar-refractivity contribution in [2.75, 3.05) is 30.9 Å². The molecule has 0 saturated carbocycles. The summed E-state index contributed by atoms with van der Waals surface area (Å²) in [6.45, 7) is 3.97. The molecule has 0 radical (unpaired) electrons. The summed E-state index contributed by atoms with van der Waals surface area (Å²) in [5.41, 5.74) is 0.249. The highest BCUT2D eigenvalue weighted by atomic mass is 32.2. The first-order valence-electron chi connectivity index (χ1n) is 6.15. The minimum atomic E-state index is -0.425. The quantitative estimate of drug-likeness (QED) is 0.782. The molecular formula is C12H18N2O3S. The predicted octanol–water partition coefficient (Wildman–Crippen LogP) is 2.18. The molecule has 1 aromatic rings. The average molecular weight is 270 g/mol. The third-order valence-corrected chi connectivity index (χ3v) is 4.16. The van der Waals surface area contributed by atoms with Gasteiger partial charge in [0.25, 0.3) is 6.01 Å². The second-order valence-corrected chi connectivity index (χ2v) is 5.30. The molecule has 2 rings (SSSR count). The summed E-state index contributed by atoms with van der Waals surface area (Å²) in [5.74, 6) is -0.425. The summed E-state index contributed by atoms with van der Waals surface area (Å²) in [7, 11) is 0. The largest absolute Gasteiger partial charge is 0.461 e. The minimum Gasteiger partial charge on any atom is -0.461 e. The molecule has 0 N–H and O–H groups in total. The molecule has 0 amide bonds. The van der Waals surface area contributed by atoms with Crippen molar-refractivity contribution >= 4 is 23.7 Å². The number of nitrogens with zero attached hydrogens (tertiary/aromatic N) is 2. The van der Waals surface area contributed by atoms with Gasteiger partial charge < -0.3 is 14.1 Å². The van der Waals surface area contributed by atoms with Crippen molar-refractivity contribution in [2.45, 2.75) is 25.0 Å². The smallest absolute Gasteiger partial charge is 0.360 e. The molecule has 1 aliphatic heterocycles. The van der Waals surface area contributed by atoms with E-state index in [0.29, 0.717) is 12.6 Å². The van der Waals surface area contributed by atoms with E-state index in [1.54, 1.807) is 6.92 Å². The first-order valence-corrected chi connectivity index (χ1v) is 7.43. The Kier molecular flexibility index (Phi) is 4.52. The molecule has 6 heteroatoms. The van der Waals surface area contributed by atoms with Crippen LogP contribution in [-0.2, 0) is 4.74 Å². The Morgan fingerprint density at radius 1 is 1.61 bits per heavy atom. The fourth-order valence-corrected chi connectivity index (χ4v) is 2.67. The summed E-state index contributed by atoms with van der Waals surface area (Å²) in [6.07, 6.45) is 5.76. The maximum absolute atomic E-state index is 11.5. The minimum absolute atomic E-state index is 0.249. The van der Waals surface area contributed by atoms with Gasteiger partial charge in [0.1, 0.15) is 6.26 Å². The molecule has 1 fully saturated rings. The first kappa shape index (κ1) is 13.3. The maximum atomic E-state index is 11.5. The molecule has 18 heavy (non-hydrogen) atoms. The van der Waals surface area contributed by atoms with Gasteiger partial charge in [-0.25, -0.2) is 4.79 Å². The SMILES string of the molecule is CCOC(=O)c1coc(N2CCC(SC)CC2)n1. The standard InChI is InChI=1S/C12H18N2O3S/c1-3-16-11(15)10-8-17-12(13-10)14-6-4-9(18-2)5-7-14/h8-9H,3-7H2,1-2H3. The molecule has 0 bridgehead atoms. The van der Waals surface area contributed by atoms with E-state index in [4.69, 9.17) is 9.15 Å². The zero-order valence-corrected chi connectivity index (χ0v) is 11.5. The van der Waals surface area contributed by atoms with Crippen molar-refractivity contribution in [1.82, 2.24) is 4.98 Å². The number of hydrogen-bond acceptors (Lipinski definition) is 6. The van der Waals surface area contributed by atoms with Crippen LogP contribution >= 0.6 is 11.8 Å². The number of thioether (sulfide) groups is 1. The Morgan fingerprint density at radius 2 is 2.33 bits per heavy atom. The van der Waals surface area contributed by atoms with Crippen LogP contribution in [0.1, 0.15) is 30.3 Å². The number of carbonyl (C=O) groups is 1. The number of rotatable bonds is 4. The highest BCUT2D eigenvalue weighted by Gasteiger charge is 2.23. The molecule has 1 saturated heterocycles. The summed E-state index contributed by atoms with van der Waals surface area (Å²) < 4.78 is 10.2. The topological polar surface area (TPSA) is 55.6 Å². The van der Waals surface area contributed by atoms with E-state index in [-0.39, 0.29) is 5.69 Å². The van der Waals surface area contributed by atoms with Gasteiger partial charge >= 0.3 is 5.97 Å². The van der Waals surface area contributed by atoms with Crippen LogP contribution in [0.5, 0.6) is 0 Å². The second-order valence-electron chi connectivity index (χ2n) is 4.16. The van der Waals surface area contributed by atoms with Crippen LogP contribution in [0.2, 0.25) is 0 Å². The third-order valence-electron chi connectivity index (χ3n) is 3.02. The van der Waals surface area contributed by atoms with Crippen LogP contribution in [0.3, 0.4) is 0 Å². The number of oxazole rings is 1. The Morgan fingerprint density at radius 3 is 2.94 bits per heavy atom. The van der Waals surface area contributed by atoms with E-state index in [9.17, 15) is 4.79 Å². The van der Waals surface area contributed by atoms with Crippen molar-refractivity contribution in [1.29, 1.82) is 0 Å². The van der Waals surface area contributed by atoms with Crippen molar-refractivity contribution in [3.05, 3.63) is 12.0 Å². The lowest BCUT2D eigenvalue weighted by Crippen LogP contribution is -2.34. The van der Waals surface area contributed by atoms with Gasteiger partial charge in [-0.1, -0.05) is 0 Å². The highest BCUT2D eigenvalue weighted by molar-refractivity contribution is 7.99. The second kappa shape index (κ2) is 6.13. The number of esters is 1. The number of ether oxygens (including phenoxy) is 1.